The molecule has 100 valence electrons. The number of rotatable bonds is 2. The highest BCUT2D eigenvalue weighted by Gasteiger charge is 2.31. The molecule has 1 aliphatic carbocycles. The van der Waals surface area contributed by atoms with Crippen LogP contribution in [0.5, 0.6) is 0 Å². The largest absolute Gasteiger partial charge is 0.330 e. The zero-order valence-electron chi connectivity index (χ0n) is 11.1. The van der Waals surface area contributed by atoms with Crippen LogP contribution in [-0.4, -0.2) is 9.55 Å². The van der Waals surface area contributed by atoms with Crippen molar-refractivity contribution in [3.63, 3.8) is 0 Å². The van der Waals surface area contributed by atoms with E-state index in [2.05, 4.69) is 11.1 Å². The first-order valence-electron chi connectivity index (χ1n) is 6.77. The Morgan fingerprint density at radius 3 is 2.68 bits per heavy atom. The molecule has 1 aromatic heterocycles. The molecule has 0 aliphatic heterocycles. The maximum Gasteiger partial charge on any atom is 0.330 e. The first-order valence-corrected chi connectivity index (χ1v) is 6.77. The van der Waals surface area contributed by atoms with Gasteiger partial charge in [0.1, 0.15) is 0 Å². The smallest absolute Gasteiger partial charge is 0.321 e. The Labute approximate surface area is 112 Å². The van der Waals surface area contributed by atoms with E-state index in [1.807, 2.05) is 25.1 Å². The van der Waals surface area contributed by atoms with E-state index in [4.69, 9.17) is 5.73 Å². The molecule has 1 aromatic carbocycles. The number of benzene rings is 1. The van der Waals surface area contributed by atoms with Crippen molar-refractivity contribution < 1.29 is 0 Å². The van der Waals surface area contributed by atoms with Gasteiger partial charge in [0.05, 0.1) is 5.69 Å². The summed E-state index contributed by atoms with van der Waals surface area (Å²) in [6, 6.07) is 8.05. The van der Waals surface area contributed by atoms with E-state index in [-0.39, 0.29) is 11.2 Å². The maximum absolute atomic E-state index is 11.8. The van der Waals surface area contributed by atoms with E-state index in [1.165, 1.54) is 12.8 Å². The molecular formula is C15H19N3O. The fourth-order valence-electron chi connectivity index (χ4n) is 3.03. The lowest BCUT2D eigenvalue weighted by Gasteiger charge is -2.24. The summed E-state index contributed by atoms with van der Waals surface area (Å²) >= 11 is 0. The van der Waals surface area contributed by atoms with Crippen molar-refractivity contribution in [1.82, 2.24) is 9.55 Å². The van der Waals surface area contributed by atoms with Gasteiger partial charge < -0.3 is 10.7 Å². The van der Waals surface area contributed by atoms with E-state index in [0.29, 0.717) is 0 Å². The van der Waals surface area contributed by atoms with Gasteiger partial charge in [0, 0.05) is 17.4 Å². The van der Waals surface area contributed by atoms with E-state index in [9.17, 15) is 4.79 Å². The summed E-state index contributed by atoms with van der Waals surface area (Å²) in [5.41, 5.74) is 9.08. The maximum atomic E-state index is 11.8. The highest BCUT2D eigenvalue weighted by molar-refractivity contribution is 5.40. The standard InChI is InChI=1S/C15H19N3O/c1-11-10-17-14(19)18(11)13-6-4-5-12(9-13)15(16)7-2-3-8-15/h4-6,9-10H,2-3,7-8,16H2,1H3,(H,17,19). The van der Waals surface area contributed by atoms with Crippen molar-refractivity contribution in [2.45, 2.75) is 38.1 Å². The summed E-state index contributed by atoms with van der Waals surface area (Å²) in [6.45, 7) is 1.92. The topological polar surface area (TPSA) is 63.8 Å². The molecule has 1 fully saturated rings. The van der Waals surface area contributed by atoms with Crippen LogP contribution in [0.15, 0.2) is 35.3 Å². The third kappa shape index (κ3) is 2.02. The molecular weight excluding hydrogens is 238 g/mol. The van der Waals surface area contributed by atoms with Crippen LogP contribution in [0.2, 0.25) is 0 Å². The molecule has 0 unspecified atom stereocenters. The van der Waals surface area contributed by atoms with Crippen molar-refractivity contribution in [3.05, 3.63) is 52.2 Å². The monoisotopic (exact) mass is 257 g/mol. The van der Waals surface area contributed by atoms with E-state index in [1.54, 1.807) is 10.8 Å². The lowest BCUT2D eigenvalue weighted by atomic mass is 9.89. The van der Waals surface area contributed by atoms with E-state index in [0.717, 1.165) is 29.8 Å². The van der Waals surface area contributed by atoms with Crippen LogP contribution in [0, 0.1) is 6.92 Å². The van der Waals surface area contributed by atoms with Crippen molar-refractivity contribution in [3.8, 4) is 5.69 Å². The van der Waals surface area contributed by atoms with Gasteiger partial charge in [-0.3, -0.25) is 4.57 Å². The normalized spacial score (nSPS) is 17.8. The number of aromatic nitrogens is 2. The number of aryl methyl sites for hydroxylation is 1. The minimum Gasteiger partial charge on any atom is -0.321 e. The van der Waals surface area contributed by atoms with Crippen molar-refractivity contribution in [2.75, 3.05) is 0 Å². The molecule has 4 nitrogen and oxygen atoms in total. The summed E-state index contributed by atoms with van der Waals surface area (Å²) in [5, 5.41) is 0. The third-order valence-corrected chi connectivity index (χ3v) is 4.14. The molecule has 3 rings (SSSR count). The number of hydrogen-bond donors (Lipinski definition) is 2. The predicted molar refractivity (Wildman–Crippen MR) is 75.5 cm³/mol. The van der Waals surface area contributed by atoms with Gasteiger partial charge in [0.25, 0.3) is 0 Å². The quantitative estimate of drug-likeness (QED) is 0.866. The summed E-state index contributed by atoms with van der Waals surface area (Å²) < 4.78 is 1.68. The lowest BCUT2D eigenvalue weighted by molar-refractivity contribution is 0.461. The van der Waals surface area contributed by atoms with Crippen LogP contribution >= 0.6 is 0 Å². The van der Waals surface area contributed by atoms with Crippen LogP contribution in [0.3, 0.4) is 0 Å². The summed E-state index contributed by atoms with van der Waals surface area (Å²) in [5.74, 6) is 0. The first-order chi connectivity index (χ1) is 9.10. The molecule has 0 radical (unpaired) electrons. The van der Waals surface area contributed by atoms with Crippen molar-refractivity contribution in [1.29, 1.82) is 0 Å². The number of imidazole rings is 1. The molecule has 0 atom stereocenters. The molecule has 2 aromatic rings. The van der Waals surface area contributed by atoms with Crippen molar-refractivity contribution >= 4 is 0 Å². The highest BCUT2D eigenvalue weighted by atomic mass is 16.1. The summed E-state index contributed by atoms with van der Waals surface area (Å²) in [6.07, 6.45) is 6.14. The Morgan fingerprint density at radius 2 is 2.05 bits per heavy atom. The second kappa shape index (κ2) is 4.38. The minimum atomic E-state index is -0.218. The summed E-state index contributed by atoms with van der Waals surface area (Å²) in [7, 11) is 0. The van der Waals surface area contributed by atoms with Gasteiger partial charge in [0.2, 0.25) is 0 Å². The van der Waals surface area contributed by atoms with Gasteiger partial charge in [-0.05, 0) is 37.5 Å². The molecule has 3 N–H and O–H groups in total. The summed E-state index contributed by atoms with van der Waals surface area (Å²) in [4.78, 5) is 14.5. The number of nitrogens with one attached hydrogen (secondary N) is 1. The van der Waals surface area contributed by atoms with Gasteiger partial charge >= 0.3 is 5.69 Å². The Kier molecular flexibility index (Phi) is 2.82. The van der Waals surface area contributed by atoms with E-state index < -0.39 is 0 Å². The number of aromatic amines is 1. The lowest BCUT2D eigenvalue weighted by Crippen LogP contribution is -2.33. The molecule has 0 spiro atoms. The van der Waals surface area contributed by atoms with Crippen molar-refractivity contribution in [2.24, 2.45) is 5.73 Å². The predicted octanol–water partition coefficient (Wildman–Crippen LogP) is 2.20. The molecule has 0 saturated heterocycles. The average molecular weight is 257 g/mol. The molecule has 1 aliphatic rings. The number of H-pyrrole nitrogens is 1. The van der Waals surface area contributed by atoms with E-state index >= 15 is 0 Å². The molecule has 0 amide bonds. The first kappa shape index (κ1) is 12.2. The molecule has 0 bridgehead atoms. The Balaban J connectivity index is 2.08. The highest BCUT2D eigenvalue weighted by Crippen LogP contribution is 2.36. The van der Waals surface area contributed by atoms with Gasteiger partial charge in [-0.25, -0.2) is 4.79 Å². The van der Waals surface area contributed by atoms with Gasteiger partial charge in [-0.2, -0.15) is 0 Å². The average Bonchev–Trinajstić information content (AvgIpc) is 2.98. The van der Waals surface area contributed by atoms with Crippen LogP contribution in [-0.2, 0) is 5.54 Å². The molecule has 4 heteroatoms. The SMILES string of the molecule is Cc1c[nH]c(=O)n1-c1cccc(C2(N)CCCC2)c1. The third-order valence-electron chi connectivity index (χ3n) is 4.14. The van der Waals surface area contributed by atoms with Crippen LogP contribution in [0.25, 0.3) is 5.69 Å². The fraction of sp³-hybridized carbons (Fsp3) is 0.400. The van der Waals surface area contributed by atoms with Gasteiger partial charge in [-0.15, -0.1) is 0 Å². The second-order valence-electron chi connectivity index (χ2n) is 5.48. The Bertz CT molecular complexity index is 647. The fourth-order valence-corrected chi connectivity index (χ4v) is 3.03. The van der Waals surface area contributed by atoms with Gasteiger partial charge in [0.15, 0.2) is 0 Å². The second-order valence-corrected chi connectivity index (χ2v) is 5.48. The van der Waals surface area contributed by atoms with Crippen LogP contribution < -0.4 is 11.4 Å². The number of nitrogens with two attached hydrogens (primary N) is 1. The van der Waals surface area contributed by atoms with Crippen LogP contribution in [0.1, 0.15) is 36.9 Å². The van der Waals surface area contributed by atoms with Crippen LogP contribution in [0.4, 0.5) is 0 Å². The Morgan fingerprint density at radius 1 is 1.32 bits per heavy atom. The molecule has 1 heterocycles. The zero-order chi connectivity index (χ0) is 13.5. The molecule has 1 saturated carbocycles. The number of nitrogens with zero attached hydrogens (tertiary/aromatic N) is 1. The molecule has 19 heavy (non-hydrogen) atoms. The Hall–Kier alpha value is -1.81. The number of hydrogen-bond acceptors (Lipinski definition) is 2. The minimum absolute atomic E-state index is 0.104. The van der Waals surface area contributed by atoms with Gasteiger partial charge in [-0.1, -0.05) is 25.0 Å². The zero-order valence-corrected chi connectivity index (χ0v) is 11.1.